The number of hydrogen-bond acceptors (Lipinski definition) is 4. The maximum absolute atomic E-state index is 14.8. The van der Waals surface area contributed by atoms with Crippen molar-refractivity contribution in [2.45, 2.75) is 11.8 Å². The molecule has 1 unspecified atom stereocenters. The number of benzene rings is 5. The van der Waals surface area contributed by atoms with E-state index >= 15 is 0 Å². The van der Waals surface area contributed by atoms with Gasteiger partial charge in [0.15, 0.2) is 5.41 Å². The van der Waals surface area contributed by atoms with Crippen LogP contribution in [0.25, 0.3) is 5.57 Å². The molecule has 0 bridgehead atoms. The van der Waals surface area contributed by atoms with Gasteiger partial charge in [-0.3, -0.25) is 9.59 Å². The Hall–Kier alpha value is -5.48. The fourth-order valence-corrected chi connectivity index (χ4v) is 7.16. The lowest BCUT2D eigenvalue weighted by molar-refractivity contribution is -0.174. The van der Waals surface area contributed by atoms with E-state index in [1.807, 2.05) is 140 Å². The van der Waals surface area contributed by atoms with E-state index in [4.69, 9.17) is 9.47 Å². The van der Waals surface area contributed by atoms with Gasteiger partial charge in [-0.25, -0.2) is 0 Å². The van der Waals surface area contributed by atoms with E-state index in [2.05, 4.69) is 24.3 Å². The Kier molecular flexibility index (Phi) is 8.80. The molecule has 46 heavy (non-hydrogen) atoms. The third-order valence-corrected chi connectivity index (χ3v) is 9.12. The summed E-state index contributed by atoms with van der Waals surface area (Å²) in [7, 11) is 2.69. The van der Waals surface area contributed by atoms with Crippen LogP contribution in [0.5, 0.6) is 0 Å². The summed E-state index contributed by atoms with van der Waals surface area (Å²) in [4.78, 5) is 29.6. The van der Waals surface area contributed by atoms with Gasteiger partial charge in [-0.1, -0.05) is 169 Å². The van der Waals surface area contributed by atoms with Crippen LogP contribution in [0.1, 0.15) is 27.8 Å². The van der Waals surface area contributed by atoms with Gasteiger partial charge in [0.2, 0.25) is 0 Å². The van der Waals surface area contributed by atoms with Gasteiger partial charge in [0.1, 0.15) is 0 Å². The van der Waals surface area contributed by atoms with Crippen LogP contribution < -0.4 is 0 Å². The van der Waals surface area contributed by atoms with Crippen LogP contribution in [-0.4, -0.2) is 26.2 Å². The van der Waals surface area contributed by atoms with Crippen LogP contribution in [0, 0.1) is 11.3 Å². The molecule has 0 radical (unpaired) electrons. The molecule has 1 aliphatic carbocycles. The quantitative estimate of drug-likeness (QED) is 0.0966. The molecule has 0 N–H and O–H groups in total. The zero-order valence-electron chi connectivity index (χ0n) is 26.0. The Morgan fingerprint density at radius 1 is 0.587 bits per heavy atom. The van der Waals surface area contributed by atoms with Crippen molar-refractivity contribution in [3.63, 3.8) is 0 Å². The highest BCUT2D eigenvalue weighted by molar-refractivity contribution is 6.06. The summed E-state index contributed by atoms with van der Waals surface area (Å²) < 4.78 is 11.4. The minimum absolute atomic E-state index is 0.510. The Balaban J connectivity index is 1.77. The highest BCUT2D eigenvalue weighted by atomic mass is 16.5. The largest absolute Gasteiger partial charge is 0.468 e. The van der Waals surface area contributed by atoms with Crippen molar-refractivity contribution < 1.29 is 19.1 Å². The highest BCUT2D eigenvalue weighted by Gasteiger charge is 2.71. The normalized spacial score (nSPS) is 16.1. The first-order chi connectivity index (χ1) is 22.6. The van der Waals surface area contributed by atoms with Gasteiger partial charge in [0, 0.05) is 5.92 Å². The van der Waals surface area contributed by atoms with E-state index < -0.39 is 28.7 Å². The molecule has 0 saturated heterocycles. The third-order valence-electron chi connectivity index (χ3n) is 9.12. The molecular formula is C42H36O4. The molecule has 4 nitrogen and oxygen atoms in total. The lowest BCUT2D eigenvalue weighted by Gasteiger charge is -2.44. The van der Waals surface area contributed by atoms with E-state index in [1.165, 1.54) is 14.2 Å². The Morgan fingerprint density at radius 3 is 1.39 bits per heavy atom. The summed E-state index contributed by atoms with van der Waals surface area (Å²) in [6, 6.07) is 49.8. The van der Waals surface area contributed by atoms with Gasteiger partial charge in [0.25, 0.3) is 0 Å². The van der Waals surface area contributed by atoms with Crippen LogP contribution in [0.15, 0.2) is 169 Å². The van der Waals surface area contributed by atoms with E-state index in [1.54, 1.807) is 0 Å². The topological polar surface area (TPSA) is 52.6 Å². The van der Waals surface area contributed by atoms with Gasteiger partial charge < -0.3 is 9.47 Å². The minimum atomic E-state index is -1.85. The van der Waals surface area contributed by atoms with Crippen LogP contribution in [-0.2, 0) is 30.9 Å². The Bertz CT molecular complexity index is 1750. The molecule has 5 aromatic rings. The maximum Gasteiger partial charge on any atom is 0.325 e. The predicted octanol–water partition coefficient (Wildman–Crippen LogP) is 8.24. The summed E-state index contributed by atoms with van der Waals surface area (Å²) in [5.41, 5.74) is 3.28. The lowest BCUT2D eigenvalue weighted by atomic mass is 9.55. The average molecular weight is 605 g/mol. The summed E-state index contributed by atoms with van der Waals surface area (Å²) in [5.74, 6) is -2.07. The fraction of sp³-hybridized carbons (Fsp3) is 0.143. The van der Waals surface area contributed by atoms with E-state index in [0.717, 1.165) is 39.0 Å². The van der Waals surface area contributed by atoms with Crippen molar-refractivity contribution in [3.05, 3.63) is 197 Å². The van der Waals surface area contributed by atoms with Gasteiger partial charge in [-0.15, -0.1) is 0 Å². The van der Waals surface area contributed by atoms with Crippen molar-refractivity contribution in [1.82, 2.24) is 0 Å². The second-order valence-corrected chi connectivity index (χ2v) is 11.5. The van der Waals surface area contributed by atoms with E-state index in [0.29, 0.717) is 6.42 Å². The molecule has 1 atom stereocenters. The zero-order chi connectivity index (χ0) is 32.0. The number of hydrogen-bond donors (Lipinski definition) is 0. The van der Waals surface area contributed by atoms with Gasteiger partial charge in [-0.05, 0) is 39.8 Å². The number of rotatable bonds is 9. The zero-order valence-corrected chi connectivity index (χ0v) is 26.0. The molecular weight excluding hydrogens is 568 g/mol. The van der Waals surface area contributed by atoms with E-state index in [-0.39, 0.29) is 0 Å². The molecule has 0 aliphatic heterocycles. The van der Waals surface area contributed by atoms with Crippen LogP contribution in [0.2, 0.25) is 0 Å². The van der Waals surface area contributed by atoms with E-state index in [9.17, 15) is 9.59 Å². The number of methoxy groups -OCH3 is 2. The van der Waals surface area contributed by atoms with Crippen molar-refractivity contribution >= 4 is 17.5 Å². The molecule has 4 heteroatoms. The third kappa shape index (κ3) is 5.16. The molecule has 228 valence electrons. The highest BCUT2D eigenvalue weighted by Crippen LogP contribution is 2.62. The van der Waals surface area contributed by atoms with Crippen molar-refractivity contribution in [3.8, 4) is 0 Å². The Morgan fingerprint density at radius 2 is 0.978 bits per heavy atom. The maximum atomic E-state index is 14.8. The average Bonchev–Trinajstić information content (AvgIpc) is 3.42. The monoisotopic (exact) mass is 604 g/mol. The van der Waals surface area contributed by atoms with Crippen LogP contribution >= 0.6 is 0 Å². The second kappa shape index (κ2) is 13.3. The van der Waals surface area contributed by atoms with Crippen LogP contribution in [0.4, 0.5) is 0 Å². The molecule has 1 aliphatic rings. The first-order valence-electron chi connectivity index (χ1n) is 15.4. The molecule has 0 fully saturated rings. The number of carbonyl (C=O) groups excluding carboxylic acids is 2. The molecule has 0 saturated carbocycles. The Labute approximate surface area is 270 Å². The van der Waals surface area contributed by atoms with Gasteiger partial charge in [0.05, 0.1) is 19.6 Å². The number of esters is 2. The number of allylic oxidation sites excluding steroid dienone is 3. The first-order valence-corrected chi connectivity index (χ1v) is 15.4. The lowest BCUT2D eigenvalue weighted by Crippen LogP contribution is -2.58. The second-order valence-electron chi connectivity index (χ2n) is 11.5. The SMILES string of the molecule is COC(=O)C1(C(=O)OC)C(C=C(c2ccccc2)c2ccccc2)C(Cc2ccccc2)=CC1(c1ccccc1)c1ccccc1. The van der Waals surface area contributed by atoms with Crippen LogP contribution in [0.3, 0.4) is 0 Å². The fourth-order valence-electron chi connectivity index (χ4n) is 7.16. The minimum Gasteiger partial charge on any atom is -0.468 e. The van der Waals surface area contributed by atoms with Crippen molar-refractivity contribution in [1.29, 1.82) is 0 Å². The summed E-state index contributed by atoms with van der Waals surface area (Å²) >= 11 is 0. The first kappa shape index (κ1) is 30.5. The predicted molar refractivity (Wildman–Crippen MR) is 182 cm³/mol. The molecule has 0 aromatic heterocycles. The molecule has 5 aromatic carbocycles. The standard InChI is InChI=1S/C42H36O4/c1-45-39(43)42(40(44)46-2)38(29-37(32-20-10-4-11-21-32)33-22-12-5-13-23-33)34(28-31-18-8-3-9-19-31)30-41(42,35-24-14-6-15-25-35)36-26-16-7-17-27-36/h3-27,29-30,38H,28H2,1-2H3. The molecule has 0 heterocycles. The summed E-state index contributed by atoms with van der Waals surface area (Å²) in [5, 5.41) is 0. The summed E-state index contributed by atoms with van der Waals surface area (Å²) in [6.45, 7) is 0. The number of ether oxygens (including phenoxy) is 2. The van der Waals surface area contributed by atoms with Crippen molar-refractivity contribution in [2.24, 2.45) is 11.3 Å². The van der Waals surface area contributed by atoms with Crippen molar-refractivity contribution in [2.75, 3.05) is 14.2 Å². The smallest absolute Gasteiger partial charge is 0.325 e. The summed E-state index contributed by atoms with van der Waals surface area (Å²) in [6.07, 6.45) is 4.73. The molecule has 0 spiro atoms. The molecule has 6 rings (SSSR count). The van der Waals surface area contributed by atoms with Gasteiger partial charge >= 0.3 is 11.9 Å². The number of carbonyl (C=O) groups is 2. The molecule has 0 amide bonds. The van der Waals surface area contributed by atoms with Gasteiger partial charge in [-0.2, -0.15) is 0 Å².